The summed E-state index contributed by atoms with van der Waals surface area (Å²) >= 11 is 0. The molecule has 4 nitrogen and oxygen atoms in total. The summed E-state index contributed by atoms with van der Waals surface area (Å²) in [7, 11) is 0. The molecule has 0 aliphatic heterocycles. The lowest BCUT2D eigenvalue weighted by Gasteiger charge is -2.17. The van der Waals surface area contributed by atoms with Gasteiger partial charge in [-0.3, -0.25) is 9.36 Å². The summed E-state index contributed by atoms with van der Waals surface area (Å²) in [6, 6.07) is 2.58. The highest BCUT2D eigenvalue weighted by molar-refractivity contribution is 6.03. The molecule has 0 amide bonds. The third-order valence-electron chi connectivity index (χ3n) is 2.89. The van der Waals surface area contributed by atoms with Crippen LogP contribution < -0.4 is 5.76 Å². The van der Waals surface area contributed by atoms with Gasteiger partial charge < -0.3 is 4.42 Å². The van der Waals surface area contributed by atoms with Gasteiger partial charge in [0, 0.05) is 12.1 Å². The van der Waals surface area contributed by atoms with Crippen molar-refractivity contribution in [1.29, 1.82) is 0 Å². The van der Waals surface area contributed by atoms with Crippen molar-refractivity contribution in [2.75, 3.05) is 0 Å². The van der Waals surface area contributed by atoms with E-state index in [4.69, 9.17) is 4.42 Å². The number of ketones is 1. The summed E-state index contributed by atoms with van der Waals surface area (Å²) in [6.07, 6.45) is -5.99. The number of fused-ring (bicyclic) bond motifs is 1. The molecule has 0 spiro atoms. The van der Waals surface area contributed by atoms with E-state index in [9.17, 15) is 31.5 Å². The quantitative estimate of drug-likeness (QED) is 0.647. The average Bonchev–Trinajstić information content (AvgIpc) is 2.70. The first-order chi connectivity index (χ1) is 9.59. The molecule has 0 fully saturated rings. The molecular weight excluding hydrogens is 301 g/mol. The van der Waals surface area contributed by atoms with Gasteiger partial charge >= 0.3 is 17.9 Å². The summed E-state index contributed by atoms with van der Waals surface area (Å²) in [6.45, 7) is 1.84. The van der Waals surface area contributed by atoms with E-state index in [2.05, 4.69) is 0 Å². The van der Waals surface area contributed by atoms with E-state index in [0.717, 1.165) is 16.7 Å². The number of aryl methyl sites for hydroxylation is 1. The number of oxazole rings is 1. The lowest BCUT2D eigenvalue weighted by Crippen LogP contribution is -2.44. The summed E-state index contributed by atoms with van der Waals surface area (Å²) < 4.78 is 68.3. The Morgan fingerprint density at radius 2 is 1.86 bits per heavy atom. The van der Waals surface area contributed by atoms with Crippen LogP contribution in [0.25, 0.3) is 11.1 Å². The lowest BCUT2D eigenvalue weighted by atomic mass is 10.0. The fourth-order valence-corrected chi connectivity index (χ4v) is 1.82. The van der Waals surface area contributed by atoms with Gasteiger partial charge in [0.2, 0.25) is 5.78 Å². The minimum Gasteiger partial charge on any atom is -0.408 e. The maximum atomic E-state index is 13.0. The zero-order valence-electron chi connectivity index (χ0n) is 10.5. The third kappa shape index (κ3) is 2.32. The molecule has 0 N–H and O–H groups in total. The molecular formula is C12H8F5NO3. The number of rotatable bonds is 3. The first-order valence-corrected chi connectivity index (χ1v) is 5.72. The number of Topliss-reactive ketones (excluding diaryl/α,β-unsaturated/α-hetero) is 1. The van der Waals surface area contributed by atoms with Crippen LogP contribution >= 0.6 is 0 Å². The molecule has 0 saturated carbocycles. The van der Waals surface area contributed by atoms with Gasteiger partial charge in [0.15, 0.2) is 5.58 Å². The van der Waals surface area contributed by atoms with Crippen molar-refractivity contribution in [3.8, 4) is 0 Å². The van der Waals surface area contributed by atoms with Gasteiger partial charge in [0.1, 0.15) is 0 Å². The molecule has 1 heterocycles. The molecule has 2 aromatic rings. The summed E-state index contributed by atoms with van der Waals surface area (Å²) in [5.41, 5.74) is -0.915. The highest BCUT2D eigenvalue weighted by Gasteiger charge is 2.63. The molecule has 1 aromatic carbocycles. The molecule has 0 radical (unpaired) electrons. The van der Waals surface area contributed by atoms with Crippen LogP contribution in [0.2, 0.25) is 0 Å². The van der Waals surface area contributed by atoms with E-state index in [1.54, 1.807) is 6.92 Å². The smallest absolute Gasteiger partial charge is 0.408 e. The predicted octanol–water partition coefficient (Wildman–Crippen LogP) is 2.99. The molecule has 21 heavy (non-hydrogen) atoms. The standard InChI is InChI=1S/C12H8F5NO3/c1-2-18-7-4-3-6(5-8(7)21-10(18)20)9(19)11(13,14)12(15,16)17/h3-5H,2H2,1H3. The Labute approximate surface area is 113 Å². The molecule has 0 saturated heterocycles. The van der Waals surface area contributed by atoms with Crippen LogP contribution in [0.4, 0.5) is 22.0 Å². The zero-order valence-corrected chi connectivity index (χ0v) is 10.5. The fourth-order valence-electron chi connectivity index (χ4n) is 1.82. The molecule has 2 rings (SSSR count). The van der Waals surface area contributed by atoms with Gasteiger partial charge in [-0.25, -0.2) is 4.79 Å². The number of hydrogen-bond acceptors (Lipinski definition) is 3. The third-order valence-corrected chi connectivity index (χ3v) is 2.89. The van der Waals surface area contributed by atoms with Crippen LogP contribution in [0.1, 0.15) is 17.3 Å². The Morgan fingerprint density at radius 1 is 1.24 bits per heavy atom. The number of nitrogens with zero attached hydrogens (tertiary/aromatic N) is 1. The average molecular weight is 309 g/mol. The topological polar surface area (TPSA) is 52.2 Å². The second kappa shape index (κ2) is 4.68. The first kappa shape index (κ1) is 15.2. The number of aromatic nitrogens is 1. The largest absolute Gasteiger partial charge is 0.461 e. The van der Waals surface area contributed by atoms with E-state index in [1.807, 2.05) is 0 Å². The van der Waals surface area contributed by atoms with Gasteiger partial charge in [0.05, 0.1) is 5.52 Å². The van der Waals surface area contributed by atoms with Crippen molar-refractivity contribution in [3.05, 3.63) is 34.3 Å². The van der Waals surface area contributed by atoms with Crippen LogP contribution in [0.15, 0.2) is 27.4 Å². The highest BCUT2D eigenvalue weighted by atomic mass is 19.4. The number of carbonyl (C=O) groups is 1. The lowest BCUT2D eigenvalue weighted by molar-refractivity contribution is -0.255. The van der Waals surface area contributed by atoms with Gasteiger partial charge in [-0.15, -0.1) is 0 Å². The number of alkyl halides is 5. The van der Waals surface area contributed by atoms with E-state index < -0.39 is 29.2 Å². The van der Waals surface area contributed by atoms with E-state index in [-0.39, 0.29) is 17.6 Å². The Bertz CT molecular complexity index is 756. The minimum atomic E-state index is -5.99. The van der Waals surface area contributed by atoms with Crippen LogP contribution in [0, 0.1) is 0 Å². The Balaban J connectivity index is 2.54. The summed E-state index contributed by atoms with van der Waals surface area (Å²) in [5, 5.41) is 0. The van der Waals surface area contributed by atoms with Crippen molar-refractivity contribution in [3.63, 3.8) is 0 Å². The highest BCUT2D eigenvalue weighted by Crippen LogP contribution is 2.38. The van der Waals surface area contributed by atoms with Crippen molar-refractivity contribution < 1.29 is 31.2 Å². The second-order valence-corrected chi connectivity index (χ2v) is 4.20. The maximum absolute atomic E-state index is 13.0. The molecule has 1 aromatic heterocycles. The van der Waals surface area contributed by atoms with Gasteiger partial charge in [0.25, 0.3) is 0 Å². The normalized spacial score (nSPS) is 12.9. The number of benzene rings is 1. The van der Waals surface area contributed by atoms with Crippen molar-refractivity contribution in [1.82, 2.24) is 4.57 Å². The zero-order chi connectivity index (χ0) is 16.0. The fraction of sp³-hybridized carbons (Fsp3) is 0.333. The van der Waals surface area contributed by atoms with Crippen molar-refractivity contribution in [2.24, 2.45) is 0 Å². The van der Waals surface area contributed by atoms with Gasteiger partial charge in [-0.05, 0) is 25.1 Å². The van der Waals surface area contributed by atoms with Crippen LogP contribution in [0.3, 0.4) is 0 Å². The number of hydrogen-bond donors (Lipinski definition) is 0. The van der Waals surface area contributed by atoms with Crippen LogP contribution in [-0.2, 0) is 6.54 Å². The Kier molecular flexibility index (Phi) is 3.38. The maximum Gasteiger partial charge on any atom is 0.461 e. The summed E-state index contributed by atoms with van der Waals surface area (Å²) in [4.78, 5) is 22.7. The van der Waals surface area contributed by atoms with E-state index in [0.29, 0.717) is 6.07 Å². The summed E-state index contributed by atoms with van der Waals surface area (Å²) in [5.74, 6) is -8.70. The molecule has 0 unspecified atom stereocenters. The molecule has 114 valence electrons. The molecule has 0 bridgehead atoms. The van der Waals surface area contributed by atoms with Gasteiger partial charge in [-0.1, -0.05) is 0 Å². The Hall–Kier alpha value is -2.19. The Morgan fingerprint density at radius 3 is 2.38 bits per heavy atom. The molecule has 9 heteroatoms. The van der Waals surface area contributed by atoms with Crippen molar-refractivity contribution in [2.45, 2.75) is 25.6 Å². The first-order valence-electron chi connectivity index (χ1n) is 5.72. The van der Waals surface area contributed by atoms with Gasteiger partial charge in [-0.2, -0.15) is 22.0 Å². The van der Waals surface area contributed by atoms with E-state index >= 15 is 0 Å². The van der Waals surface area contributed by atoms with E-state index in [1.165, 1.54) is 0 Å². The number of halogens is 5. The SMILES string of the molecule is CCn1c(=O)oc2cc(C(=O)C(F)(F)C(F)(F)F)ccc21. The number of carbonyl (C=O) groups excluding carboxylic acids is 1. The van der Waals surface area contributed by atoms with Crippen molar-refractivity contribution >= 4 is 16.9 Å². The monoisotopic (exact) mass is 309 g/mol. The molecule has 0 aliphatic carbocycles. The predicted molar refractivity (Wildman–Crippen MR) is 61.5 cm³/mol. The van der Waals surface area contributed by atoms with Crippen LogP contribution in [0.5, 0.6) is 0 Å². The minimum absolute atomic E-state index is 0.203. The molecule has 0 aliphatic rings. The molecule has 0 atom stereocenters. The van der Waals surface area contributed by atoms with Crippen LogP contribution in [-0.4, -0.2) is 22.4 Å². The second-order valence-electron chi connectivity index (χ2n) is 4.20.